The molecule has 5 nitrogen and oxygen atoms in total. The van der Waals surface area contributed by atoms with Gasteiger partial charge in [0.05, 0.1) is 5.69 Å². The topological polar surface area (TPSA) is 54.5 Å². The molecule has 0 saturated carbocycles. The van der Waals surface area contributed by atoms with E-state index in [0.717, 1.165) is 49.5 Å². The van der Waals surface area contributed by atoms with Crippen molar-refractivity contribution in [2.45, 2.75) is 39.3 Å². The molecule has 0 aliphatic carbocycles. The smallest absolute Gasteiger partial charge is 0.244 e. The van der Waals surface area contributed by atoms with Crippen LogP contribution in [0.2, 0.25) is 0 Å². The largest absolute Gasteiger partial charge is 0.487 e. The predicted molar refractivity (Wildman–Crippen MR) is 121 cm³/mol. The number of rotatable bonds is 8. The number of hydrogen-bond acceptors (Lipinski definition) is 4. The molecule has 5 heteroatoms. The van der Waals surface area contributed by atoms with Gasteiger partial charge in [-0.15, -0.1) is 0 Å². The number of hydrogen-bond donors (Lipinski definition) is 1. The summed E-state index contributed by atoms with van der Waals surface area (Å²) in [5.41, 5.74) is 3.20. The van der Waals surface area contributed by atoms with E-state index in [-0.39, 0.29) is 11.9 Å². The minimum atomic E-state index is -0.0340. The Morgan fingerprint density at radius 3 is 2.60 bits per heavy atom. The van der Waals surface area contributed by atoms with Crippen LogP contribution in [0.3, 0.4) is 0 Å². The summed E-state index contributed by atoms with van der Waals surface area (Å²) in [6.45, 7) is 7.75. The van der Waals surface area contributed by atoms with Gasteiger partial charge in [-0.05, 0) is 62.6 Å². The highest BCUT2D eigenvalue weighted by Gasteiger charge is 2.19. The van der Waals surface area contributed by atoms with Crippen LogP contribution < -0.4 is 10.1 Å². The van der Waals surface area contributed by atoms with E-state index in [4.69, 9.17) is 4.74 Å². The van der Waals surface area contributed by atoms with Gasteiger partial charge in [-0.3, -0.25) is 14.7 Å². The number of pyridine rings is 1. The number of likely N-dealkylation sites (tertiary alicyclic amines) is 1. The minimum Gasteiger partial charge on any atom is -0.487 e. The van der Waals surface area contributed by atoms with Gasteiger partial charge in [0.25, 0.3) is 0 Å². The van der Waals surface area contributed by atoms with Crippen molar-refractivity contribution in [2.24, 2.45) is 0 Å². The summed E-state index contributed by atoms with van der Waals surface area (Å²) in [4.78, 5) is 18.9. The van der Waals surface area contributed by atoms with E-state index in [0.29, 0.717) is 6.61 Å². The van der Waals surface area contributed by atoms with Crippen LogP contribution in [0.25, 0.3) is 6.08 Å². The highest BCUT2D eigenvalue weighted by atomic mass is 16.5. The Morgan fingerprint density at radius 2 is 1.93 bits per heavy atom. The van der Waals surface area contributed by atoms with E-state index in [1.807, 2.05) is 48.5 Å². The monoisotopic (exact) mass is 405 g/mol. The van der Waals surface area contributed by atoms with E-state index in [1.165, 1.54) is 5.57 Å². The Balaban J connectivity index is 1.40. The van der Waals surface area contributed by atoms with Crippen LogP contribution in [0.15, 0.2) is 66.4 Å². The van der Waals surface area contributed by atoms with Crippen LogP contribution in [-0.4, -0.2) is 41.5 Å². The van der Waals surface area contributed by atoms with Crippen LogP contribution in [-0.2, 0) is 11.4 Å². The fourth-order valence-corrected chi connectivity index (χ4v) is 3.31. The number of nitrogens with zero attached hydrogens (tertiary/aromatic N) is 2. The molecule has 158 valence electrons. The first-order valence-electron chi connectivity index (χ1n) is 10.6. The molecule has 0 radical (unpaired) electrons. The molecule has 1 aliphatic heterocycles. The molecular formula is C25H31N3O2. The minimum absolute atomic E-state index is 0.0340. The van der Waals surface area contributed by atoms with Gasteiger partial charge in [0.15, 0.2) is 0 Å². The van der Waals surface area contributed by atoms with Gasteiger partial charge in [-0.25, -0.2) is 0 Å². The summed E-state index contributed by atoms with van der Waals surface area (Å²) in [5.74, 6) is 0.746. The van der Waals surface area contributed by atoms with Crippen molar-refractivity contribution in [2.75, 3.05) is 19.6 Å². The van der Waals surface area contributed by atoms with E-state index >= 15 is 0 Å². The molecule has 1 aromatic carbocycles. The van der Waals surface area contributed by atoms with Crippen molar-refractivity contribution in [1.29, 1.82) is 0 Å². The zero-order valence-electron chi connectivity index (χ0n) is 17.9. The molecule has 1 aliphatic rings. The third-order valence-corrected chi connectivity index (χ3v) is 5.11. The molecule has 1 N–H and O–H groups in total. The number of ether oxygens (including phenoxy) is 1. The Bertz CT molecular complexity index is 848. The van der Waals surface area contributed by atoms with Crippen molar-refractivity contribution in [1.82, 2.24) is 15.2 Å². The highest BCUT2D eigenvalue weighted by molar-refractivity contribution is 5.91. The summed E-state index contributed by atoms with van der Waals surface area (Å²) < 4.78 is 5.74. The lowest BCUT2D eigenvalue weighted by molar-refractivity contribution is -0.117. The number of allylic oxidation sites excluding steroid dienone is 1. The quantitative estimate of drug-likeness (QED) is 0.528. The molecular weight excluding hydrogens is 374 g/mol. The second kappa shape index (κ2) is 11.3. The maximum Gasteiger partial charge on any atom is 0.244 e. The first-order valence-corrected chi connectivity index (χ1v) is 10.6. The molecule has 30 heavy (non-hydrogen) atoms. The fourth-order valence-electron chi connectivity index (χ4n) is 3.31. The number of carbonyl (C=O) groups excluding carboxylic acids is 1. The molecule has 1 fully saturated rings. The molecule has 1 amide bonds. The molecule has 3 rings (SSSR count). The maximum atomic E-state index is 12.3. The van der Waals surface area contributed by atoms with Gasteiger partial charge in [0, 0.05) is 37.9 Å². The Labute approximate surface area is 179 Å². The van der Waals surface area contributed by atoms with Gasteiger partial charge < -0.3 is 10.1 Å². The average molecular weight is 406 g/mol. The standard InChI is InChI=1S/C25H31N3O2/c1-20(2)12-16-28-17-13-22(14-18-28)27-25(29)11-8-21-6-9-24(10-7-21)30-19-23-5-3-4-15-26-23/h3-12,15,22H,13-14,16-19H2,1-2H3,(H,27,29)/b11-8+. The van der Waals surface area contributed by atoms with Gasteiger partial charge in [0.2, 0.25) is 5.91 Å². The van der Waals surface area contributed by atoms with Crippen LogP contribution in [0.4, 0.5) is 0 Å². The predicted octanol–water partition coefficient (Wildman–Crippen LogP) is 4.22. The first kappa shape index (κ1) is 21.8. The summed E-state index contributed by atoms with van der Waals surface area (Å²) in [6.07, 6.45) is 9.46. The number of piperidine rings is 1. The van der Waals surface area contributed by atoms with Crippen molar-refractivity contribution in [3.63, 3.8) is 0 Å². The second-order valence-electron chi connectivity index (χ2n) is 7.88. The summed E-state index contributed by atoms with van der Waals surface area (Å²) >= 11 is 0. The molecule has 0 unspecified atom stereocenters. The zero-order chi connectivity index (χ0) is 21.2. The fraction of sp³-hybridized carbons (Fsp3) is 0.360. The molecule has 2 aromatic rings. The van der Waals surface area contributed by atoms with Crippen LogP contribution in [0.5, 0.6) is 5.75 Å². The van der Waals surface area contributed by atoms with Crippen molar-refractivity contribution in [3.05, 3.63) is 77.6 Å². The lowest BCUT2D eigenvalue weighted by Gasteiger charge is -2.31. The van der Waals surface area contributed by atoms with Crippen molar-refractivity contribution in [3.8, 4) is 5.75 Å². The number of amides is 1. The molecule has 1 saturated heterocycles. The Kier molecular flexibility index (Phi) is 8.21. The van der Waals surface area contributed by atoms with Crippen molar-refractivity contribution < 1.29 is 9.53 Å². The SMILES string of the molecule is CC(C)=CCN1CCC(NC(=O)/C=C/c2ccc(OCc3ccccn3)cc2)CC1. The van der Waals surface area contributed by atoms with E-state index in [9.17, 15) is 4.79 Å². The molecule has 2 heterocycles. The molecule has 0 spiro atoms. The number of aromatic nitrogens is 1. The van der Waals surface area contributed by atoms with Crippen LogP contribution in [0, 0.1) is 0 Å². The third-order valence-electron chi connectivity index (χ3n) is 5.11. The zero-order valence-corrected chi connectivity index (χ0v) is 17.9. The van der Waals surface area contributed by atoms with Crippen molar-refractivity contribution >= 4 is 12.0 Å². The van der Waals surface area contributed by atoms with Gasteiger partial charge in [0.1, 0.15) is 12.4 Å². The molecule has 1 aromatic heterocycles. The third kappa shape index (κ3) is 7.48. The van der Waals surface area contributed by atoms with E-state index < -0.39 is 0 Å². The summed E-state index contributed by atoms with van der Waals surface area (Å²) in [5, 5.41) is 3.12. The number of benzene rings is 1. The average Bonchev–Trinajstić information content (AvgIpc) is 2.77. The lowest BCUT2D eigenvalue weighted by atomic mass is 10.0. The summed E-state index contributed by atoms with van der Waals surface area (Å²) in [7, 11) is 0. The number of nitrogens with one attached hydrogen (secondary N) is 1. The Morgan fingerprint density at radius 1 is 1.17 bits per heavy atom. The van der Waals surface area contributed by atoms with Crippen LogP contribution in [0.1, 0.15) is 37.9 Å². The van der Waals surface area contributed by atoms with Gasteiger partial charge >= 0.3 is 0 Å². The normalized spacial score (nSPS) is 15.1. The van der Waals surface area contributed by atoms with Gasteiger partial charge in [-0.1, -0.05) is 29.8 Å². The maximum absolute atomic E-state index is 12.3. The summed E-state index contributed by atoms with van der Waals surface area (Å²) in [6, 6.07) is 13.7. The van der Waals surface area contributed by atoms with Gasteiger partial charge in [-0.2, -0.15) is 0 Å². The Hall–Kier alpha value is -2.92. The molecule has 0 atom stereocenters. The van der Waals surface area contributed by atoms with Crippen LogP contribution >= 0.6 is 0 Å². The number of carbonyl (C=O) groups is 1. The second-order valence-corrected chi connectivity index (χ2v) is 7.88. The highest BCUT2D eigenvalue weighted by Crippen LogP contribution is 2.15. The molecule has 0 bridgehead atoms. The lowest BCUT2D eigenvalue weighted by Crippen LogP contribution is -2.44. The first-order chi connectivity index (χ1) is 14.6. The van der Waals surface area contributed by atoms with E-state index in [1.54, 1.807) is 12.3 Å². The van der Waals surface area contributed by atoms with E-state index in [2.05, 4.69) is 35.1 Å².